The number of aryl methyl sites for hydroxylation is 2. The molecule has 1 N–H and O–H groups in total. The average molecular weight is 252 g/mol. The molecule has 0 saturated carbocycles. The van der Waals surface area contributed by atoms with Gasteiger partial charge in [-0.05, 0) is 12.0 Å². The maximum Gasteiger partial charge on any atom is 0.167 e. The minimum absolute atomic E-state index is 0.0344. The minimum atomic E-state index is 0.0344. The molecule has 6 heteroatoms. The summed E-state index contributed by atoms with van der Waals surface area (Å²) in [6.07, 6.45) is 6.60. The number of thioether (sulfide) groups is 1. The van der Waals surface area contributed by atoms with Gasteiger partial charge >= 0.3 is 0 Å². The smallest absolute Gasteiger partial charge is 0.167 e. The molecule has 0 bridgehead atoms. The molecule has 0 fully saturated rings. The summed E-state index contributed by atoms with van der Waals surface area (Å²) in [5.74, 6) is 0.960. The summed E-state index contributed by atoms with van der Waals surface area (Å²) in [6, 6.07) is 0. The molecule has 0 saturated heterocycles. The van der Waals surface area contributed by atoms with E-state index in [9.17, 15) is 0 Å². The summed E-state index contributed by atoms with van der Waals surface area (Å²) in [5.41, 5.74) is 2.07. The van der Waals surface area contributed by atoms with Crippen molar-refractivity contribution in [3.63, 3.8) is 0 Å². The van der Waals surface area contributed by atoms with E-state index in [1.54, 1.807) is 18.0 Å². The van der Waals surface area contributed by atoms with E-state index in [4.69, 9.17) is 5.11 Å². The molecule has 0 unspecified atom stereocenters. The third kappa shape index (κ3) is 2.89. The van der Waals surface area contributed by atoms with Crippen molar-refractivity contribution in [3.05, 3.63) is 29.8 Å². The predicted octanol–water partition coefficient (Wildman–Crippen LogP) is 0.981. The van der Waals surface area contributed by atoms with Crippen molar-refractivity contribution in [2.24, 2.45) is 14.1 Å². The number of aromatic nitrogens is 4. The number of hydrogen-bond acceptors (Lipinski definition) is 4. The SMILES string of the molecule is Cn1cc(CCSc2ncc(CO)n2C)cn1. The van der Waals surface area contributed by atoms with Gasteiger partial charge in [0.25, 0.3) is 0 Å². The summed E-state index contributed by atoms with van der Waals surface area (Å²) < 4.78 is 3.73. The first-order valence-electron chi connectivity index (χ1n) is 5.42. The number of nitrogens with zero attached hydrogens (tertiary/aromatic N) is 4. The van der Waals surface area contributed by atoms with Gasteiger partial charge in [-0.2, -0.15) is 5.10 Å². The normalized spacial score (nSPS) is 11.0. The van der Waals surface area contributed by atoms with Crippen LogP contribution < -0.4 is 0 Å². The molecule has 0 aliphatic rings. The Hall–Kier alpha value is -1.27. The molecule has 92 valence electrons. The lowest BCUT2D eigenvalue weighted by molar-refractivity contribution is 0.271. The third-order valence-electron chi connectivity index (χ3n) is 2.58. The largest absolute Gasteiger partial charge is 0.390 e. The zero-order valence-electron chi connectivity index (χ0n) is 10.00. The Labute approximate surface area is 104 Å². The summed E-state index contributed by atoms with van der Waals surface area (Å²) >= 11 is 1.69. The molecule has 0 radical (unpaired) electrons. The second-order valence-corrected chi connectivity index (χ2v) is 4.93. The van der Waals surface area contributed by atoms with Crippen LogP contribution in [0, 0.1) is 0 Å². The maximum absolute atomic E-state index is 9.06. The molecule has 2 heterocycles. The van der Waals surface area contributed by atoms with E-state index >= 15 is 0 Å². The van der Waals surface area contributed by atoms with Gasteiger partial charge < -0.3 is 9.67 Å². The molecule has 2 aromatic heterocycles. The first kappa shape index (κ1) is 12.2. The fourth-order valence-corrected chi connectivity index (χ4v) is 2.53. The van der Waals surface area contributed by atoms with Crippen molar-refractivity contribution < 1.29 is 5.11 Å². The lowest BCUT2D eigenvalue weighted by Crippen LogP contribution is -1.98. The molecular formula is C11H16N4OS. The van der Waals surface area contributed by atoms with Crippen LogP contribution >= 0.6 is 11.8 Å². The Kier molecular flexibility index (Phi) is 3.86. The number of aliphatic hydroxyl groups is 1. The van der Waals surface area contributed by atoms with Crippen molar-refractivity contribution in [3.8, 4) is 0 Å². The average Bonchev–Trinajstić information content (AvgIpc) is 2.87. The van der Waals surface area contributed by atoms with Crippen LogP contribution in [0.4, 0.5) is 0 Å². The van der Waals surface area contributed by atoms with Gasteiger partial charge in [0.15, 0.2) is 5.16 Å². The van der Waals surface area contributed by atoms with Gasteiger partial charge in [0.2, 0.25) is 0 Å². The molecule has 2 aromatic rings. The number of hydrogen-bond donors (Lipinski definition) is 1. The van der Waals surface area contributed by atoms with Crippen LogP contribution in [0.3, 0.4) is 0 Å². The lowest BCUT2D eigenvalue weighted by atomic mass is 10.3. The quantitative estimate of drug-likeness (QED) is 0.806. The van der Waals surface area contributed by atoms with E-state index in [1.165, 1.54) is 5.56 Å². The van der Waals surface area contributed by atoms with Crippen molar-refractivity contribution >= 4 is 11.8 Å². The van der Waals surface area contributed by atoms with Gasteiger partial charge in [0, 0.05) is 26.0 Å². The Morgan fingerprint density at radius 3 is 2.76 bits per heavy atom. The highest BCUT2D eigenvalue weighted by molar-refractivity contribution is 7.99. The number of rotatable bonds is 5. The molecule has 0 amide bonds. The Bertz CT molecular complexity index is 491. The summed E-state index contributed by atoms with van der Waals surface area (Å²) in [4.78, 5) is 4.27. The first-order valence-corrected chi connectivity index (χ1v) is 6.41. The summed E-state index contributed by atoms with van der Waals surface area (Å²) in [6.45, 7) is 0.0344. The first-order chi connectivity index (χ1) is 8.20. The summed E-state index contributed by atoms with van der Waals surface area (Å²) in [5, 5.41) is 14.1. The highest BCUT2D eigenvalue weighted by atomic mass is 32.2. The zero-order chi connectivity index (χ0) is 12.3. The van der Waals surface area contributed by atoms with E-state index in [2.05, 4.69) is 10.1 Å². The molecule has 0 aliphatic carbocycles. The lowest BCUT2D eigenvalue weighted by Gasteiger charge is -2.02. The second kappa shape index (κ2) is 5.37. The van der Waals surface area contributed by atoms with Crippen LogP contribution in [-0.4, -0.2) is 30.2 Å². The van der Waals surface area contributed by atoms with E-state index in [-0.39, 0.29) is 6.61 Å². The summed E-state index contributed by atoms with van der Waals surface area (Å²) in [7, 11) is 3.84. The molecule has 0 aliphatic heterocycles. The highest BCUT2D eigenvalue weighted by Gasteiger charge is 2.06. The van der Waals surface area contributed by atoms with Crippen LogP contribution in [0.2, 0.25) is 0 Å². The van der Waals surface area contributed by atoms with Gasteiger partial charge in [0.1, 0.15) is 0 Å². The number of imidazole rings is 1. The molecule has 17 heavy (non-hydrogen) atoms. The van der Waals surface area contributed by atoms with E-state index < -0.39 is 0 Å². The van der Waals surface area contributed by atoms with E-state index in [0.717, 1.165) is 23.0 Å². The van der Waals surface area contributed by atoms with Crippen molar-refractivity contribution in [2.45, 2.75) is 18.2 Å². The molecular weight excluding hydrogens is 236 g/mol. The van der Waals surface area contributed by atoms with Gasteiger partial charge in [0.05, 0.1) is 24.7 Å². The fourth-order valence-electron chi connectivity index (χ4n) is 1.57. The van der Waals surface area contributed by atoms with Gasteiger partial charge in [-0.3, -0.25) is 4.68 Å². The zero-order valence-corrected chi connectivity index (χ0v) is 10.8. The van der Waals surface area contributed by atoms with Crippen LogP contribution in [0.25, 0.3) is 0 Å². The highest BCUT2D eigenvalue weighted by Crippen LogP contribution is 2.18. The second-order valence-electron chi connectivity index (χ2n) is 3.87. The minimum Gasteiger partial charge on any atom is -0.390 e. The Balaban J connectivity index is 1.87. The fraction of sp³-hybridized carbons (Fsp3) is 0.455. The Morgan fingerprint density at radius 2 is 2.18 bits per heavy atom. The maximum atomic E-state index is 9.06. The number of aliphatic hydroxyl groups excluding tert-OH is 1. The van der Waals surface area contributed by atoms with Crippen LogP contribution in [0.1, 0.15) is 11.3 Å². The molecule has 0 atom stereocenters. The van der Waals surface area contributed by atoms with Crippen molar-refractivity contribution in [1.29, 1.82) is 0 Å². The molecule has 0 aromatic carbocycles. The standard InChI is InChI=1S/C11H16N4OS/c1-14-7-9(5-13-14)3-4-17-11-12-6-10(8-16)15(11)2/h5-7,16H,3-4,8H2,1-2H3. The molecule has 2 rings (SSSR count). The predicted molar refractivity (Wildman–Crippen MR) is 66.8 cm³/mol. The van der Waals surface area contributed by atoms with Crippen LogP contribution in [0.5, 0.6) is 0 Å². The van der Waals surface area contributed by atoms with E-state index in [1.807, 2.05) is 35.7 Å². The Morgan fingerprint density at radius 1 is 1.35 bits per heavy atom. The molecule has 0 spiro atoms. The van der Waals surface area contributed by atoms with Crippen molar-refractivity contribution in [1.82, 2.24) is 19.3 Å². The topological polar surface area (TPSA) is 55.9 Å². The van der Waals surface area contributed by atoms with E-state index in [0.29, 0.717) is 0 Å². The van der Waals surface area contributed by atoms with Gasteiger partial charge in [-0.1, -0.05) is 11.8 Å². The third-order valence-corrected chi connectivity index (χ3v) is 3.63. The van der Waals surface area contributed by atoms with Gasteiger partial charge in [-0.25, -0.2) is 4.98 Å². The van der Waals surface area contributed by atoms with Crippen LogP contribution in [-0.2, 0) is 27.1 Å². The molecule has 5 nitrogen and oxygen atoms in total. The van der Waals surface area contributed by atoms with Crippen molar-refractivity contribution in [2.75, 3.05) is 5.75 Å². The van der Waals surface area contributed by atoms with Gasteiger partial charge in [-0.15, -0.1) is 0 Å². The monoisotopic (exact) mass is 252 g/mol. The van der Waals surface area contributed by atoms with Crippen LogP contribution in [0.15, 0.2) is 23.7 Å².